The number of nitrogens with zero attached hydrogens (tertiary/aromatic N) is 3. The van der Waals surface area contributed by atoms with Crippen LogP contribution in [-0.2, 0) is 19.1 Å². The third-order valence-corrected chi connectivity index (χ3v) is 8.06. The summed E-state index contributed by atoms with van der Waals surface area (Å²) in [4.78, 5) is 58.1. The Morgan fingerprint density at radius 1 is 0.925 bits per heavy atom. The number of halogens is 1. The molecule has 0 unspecified atom stereocenters. The van der Waals surface area contributed by atoms with Crippen LogP contribution in [0.1, 0.15) is 53.3 Å². The first-order valence-electron chi connectivity index (χ1n) is 13.9. The molecular formula is C30H34FN3O6. The summed E-state index contributed by atoms with van der Waals surface area (Å²) in [5.74, 6) is -1.91. The second kappa shape index (κ2) is 11.8. The Morgan fingerprint density at radius 3 is 2.27 bits per heavy atom. The molecule has 3 heterocycles. The quantitative estimate of drug-likeness (QED) is 0.530. The molecule has 0 N–H and O–H groups in total. The van der Waals surface area contributed by atoms with Gasteiger partial charge in [0.15, 0.2) is 0 Å². The smallest absolute Gasteiger partial charge is 0.310 e. The van der Waals surface area contributed by atoms with Crippen LogP contribution in [0, 0.1) is 11.7 Å². The summed E-state index contributed by atoms with van der Waals surface area (Å²) in [6.07, 6.45) is 1.97. The number of likely N-dealkylation sites (tertiary alicyclic amines) is 2. The van der Waals surface area contributed by atoms with Crippen molar-refractivity contribution in [1.82, 2.24) is 14.7 Å². The van der Waals surface area contributed by atoms with Gasteiger partial charge in [-0.25, -0.2) is 4.39 Å². The Bertz CT molecular complexity index is 1250. The van der Waals surface area contributed by atoms with E-state index in [9.17, 15) is 23.6 Å². The molecule has 3 aliphatic rings. The van der Waals surface area contributed by atoms with Gasteiger partial charge in [0.2, 0.25) is 5.91 Å². The van der Waals surface area contributed by atoms with Crippen LogP contribution in [-0.4, -0.2) is 89.6 Å². The van der Waals surface area contributed by atoms with Gasteiger partial charge in [0, 0.05) is 50.1 Å². The minimum Gasteiger partial charge on any atom is -0.466 e. The van der Waals surface area contributed by atoms with Gasteiger partial charge in [-0.3, -0.25) is 24.1 Å². The summed E-state index contributed by atoms with van der Waals surface area (Å²) in [6.45, 7) is 3.42. The Kier molecular flexibility index (Phi) is 8.16. The summed E-state index contributed by atoms with van der Waals surface area (Å²) in [7, 11) is 0. The summed E-state index contributed by atoms with van der Waals surface area (Å²) in [5, 5.41) is 0. The van der Waals surface area contributed by atoms with Crippen molar-refractivity contribution in [1.29, 1.82) is 0 Å². The predicted molar refractivity (Wildman–Crippen MR) is 143 cm³/mol. The zero-order chi connectivity index (χ0) is 28.3. The van der Waals surface area contributed by atoms with Crippen LogP contribution in [0.2, 0.25) is 0 Å². The van der Waals surface area contributed by atoms with Crippen LogP contribution in [0.15, 0.2) is 54.6 Å². The number of carbonyl (C=O) groups excluding carboxylic acids is 4. The lowest BCUT2D eigenvalue weighted by molar-refractivity contribution is -0.152. The number of carbonyl (C=O) groups is 4. The number of rotatable bonds is 5. The highest BCUT2D eigenvalue weighted by Gasteiger charge is 2.55. The average molecular weight is 552 g/mol. The summed E-state index contributed by atoms with van der Waals surface area (Å²) in [6, 6.07) is 13.3. The third-order valence-electron chi connectivity index (χ3n) is 8.06. The van der Waals surface area contributed by atoms with Gasteiger partial charge in [-0.1, -0.05) is 18.2 Å². The summed E-state index contributed by atoms with van der Waals surface area (Å²) < 4.78 is 24.8. The lowest BCUT2D eigenvalue weighted by Crippen LogP contribution is -2.60. The van der Waals surface area contributed by atoms with E-state index in [1.807, 2.05) is 6.07 Å². The molecule has 9 nitrogen and oxygen atoms in total. The molecule has 3 aliphatic heterocycles. The van der Waals surface area contributed by atoms with Crippen molar-refractivity contribution in [2.24, 2.45) is 5.92 Å². The van der Waals surface area contributed by atoms with E-state index in [2.05, 4.69) is 0 Å². The van der Waals surface area contributed by atoms with E-state index < -0.39 is 23.5 Å². The zero-order valence-corrected chi connectivity index (χ0v) is 22.6. The fraction of sp³-hybridized carbons (Fsp3) is 0.467. The van der Waals surface area contributed by atoms with Gasteiger partial charge in [-0.2, -0.15) is 0 Å². The van der Waals surface area contributed by atoms with E-state index in [1.54, 1.807) is 45.9 Å². The van der Waals surface area contributed by atoms with Crippen molar-refractivity contribution in [2.45, 2.75) is 44.4 Å². The van der Waals surface area contributed by atoms with Crippen LogP contribution in [0.3, 0.4) is 0 Å². The maximum absolute atomic E-state index is 13.9. The second-order valence-corrected chi connectivity index (χ2v) is 10.5. The van der Waals surface area contributed by atoms with Gasteiger partial charge in [-0.05, 0) is 56.2 Å². The van der Waals surface area contributed by atoms with E-state index in [-0.39, 0.29) is 43.4 Å². The van der Waals surface area contributed by atoms with Gasteiger partial charge in [0.05, 0.1) is 19.1 Å². The van der Waals surface area contributed by atoms with Crippen LogP contribution >= 0.6 is 0 Å². The zero-order valence-electron chi connectivity index (χ0n) is 22.6. The molecule has 3 amide bonds. The number of hydrogen-bond donors (Lipinski definition) is 0. The molecule has 0 aliphatic carbocycles. The number of amides is 3. The minimum absolute atomic E-state index is 0.0316. The molecule has 2 atom stereocenters. The van der Waals surface area contributed by atoms with E-state index >= 15 is 0 Å². The van der Waals surface area contributed by atoms with Crippen LogP contribution in [0.5, 0.6) is 0 Å². The first kappa shape index (κ1) is 27.8. The average Bonchev–Trinajstić information content (AvgIpc) is 3.35. The van der Waals surface area contributed by atoms with Gasteiger partial charge in [0.25, 0.3) is 11.8 Å². The van der Waals surface area contributed by atoms with Gasteiger partial charge < -0.3 is 19.3 Å². The van der Waals surface area contributed by atoms with E-state index in [1.165, 1.54) is 24.3 Å². The Morgan fingerprint density at radius 2 is 1.60 bits per heavy atom. The van der Waals surface area contributed by atoms with Crippen molar-refractivity contribution >= 4 is 23.7 Å². The Hall–Kier alpha value is -3.79. The van der Waals surface area contributed by atoms with Crippen molar-refractivity contribution in [3.8, 4) is 0 Å². The van der Waals surface area contributed by atoms with Crippen molar-refractivity contribution < 1.29 is 33.0 Å². The molecule has 40 heavy (non-hydrogen) atoms. The minimum atomic E-state index is -1.05. The number of hydrogen-bond acceptors (Lipinski definition) is 6. The molecule has 0 saturated carbocycles. The molecule has 1 spiro atoms. The Balaban J connectivity index is 1.36. The molecule has 0 aromatic heterocycles. The molecule has 212 valence electrons. The SMILES string of the molecule is CCOC(=O)[C@H]1CCCN(C(=O)[C@@H]2COC3(CCN(C(=O)c4ccc(F)cc4)CC3)N2C(=O)c2ccccc2)C1. The standard InChI is InChI=1S/C30H34FN3O6/c1-2-39-29(38)23-9-6-16-33(19-23)28(37)25-20-40-30(34(25)27(36)21-7-4-3-5-8-21)14-17-32(18-15-30)26(35)22-10-12-24(31)13-11-22/h3-5,7-8,10-13,23,25H,2,6,9,14-20H2,1H3/t23-,25-/m0/s1. The van der Waals surface area contributed by atoms with Gasteiger partial charge in [0.1, 0.15) is 17.6 Å². The molecule has 0 radical (unpaired) electrons. The molecular weight excluding hydrogens is 517 g/mol. The fourth-order valence-corrected chi connectivity index (χ4v) is 5.95. The second-order valence-electron chi connectivity index (χ2n) is 10.5. The highest BCUT2D eigenvalue weighted by Crippen LogP contribution is 2.39. The highest BCUT2D eigenvalue weighted by molar-refractivity contribution is 5.99. The molecule has 5 rings (SSSR count). The summed E-state index contributed by atoms with van der Waals surface area (Å²) >= 11 is 0. The van der Waals surface area contributed by atoms with Gasteiger partial charge in [-0.15, -0.1) is 0 Å². The van der Waals surface area contributed by atoms with Crippen molar-refractivity contribution in [3.05, 3.63) is 71.5 Å². The van der Waals surface area contributed by atoms with E-state index in [4.69, 9.17) is 9.47 Å². The van der Waals surface area contributed by atoms with Crippen LogP contribution < -0.4 is 0 Å². The third kappa shape index (κ3) is 5.45. The topological polar surface area (TPSA) is 96.5 Å². The highest BCUT2D eigenvalue weighted by atomic mass is 19.1. The molecule has 3 saturated heterocycles. The van der Waals surface area contributed by atoms with Gasteiger partial charge >= 0.3 is 5.97 Å². The van der Waals surface area contributed by atoms with Crippen molar-refractivity contribution in [2.75, 3.05) is 39.4 Å². The lowest BCUT2D eigenvalue weighted by atomic mass is 9.95. The number of benzene rings is 2. The largest absolute Gasteiger partial charge is 0.466 e. The number of piperidine rings is 2. The molecule has 10 heteroatoms. The molecule has 3 fully saturated rings. The van der Waals surface area contributed by atoms with Crippen LogP contribution in [0.4, 0.5) is 4.39 Å². The molecule has 2 aromatic carbocycles. The number of esters is 1. The van der Waals surface area contributed by atoms with E-state index in [0.717, 1.165) is 0 Å². The molecule has 2 aromatic rings. The monoisotopic (exact) mass is 551 g/mol. The number of ether oxygens (including phenoxy) is 2. The fourth-order valence-electron chi connectivity index (χ4n) is 5.95. The van der Waals surface area contributed by atoms with E-state index in [0.29, 0.717) is 56.4 Å². The maximum Gasteiger partial charge on any atom is 0.310 e. The maximum atomic E-state index is 13.9. The van der Waals surface area contributed by atoms with Crippen molar-refractivity contribution in [3.63, 3.8) is 0 Å². The lowest BCUT2D eigenvalue weighted by Gasteiger charge is -2.45. The first-order valence-corrected chi connectivity index (χ1v) is 13.9. The van der Waals surface area contributed by atoms with Crippen LogP contribution in [0.25, 0.3) is 0 Å². The summed E-state index contributed by atoms with van der Waals surface area (Å²) in [5.41, 5.74) is -0.224. The predicted octanol–water partition coefficient (Wildman–Crippen LogP) is 3.10. The Labute approximate surface area is 232 Å². The molecule has 0 bridgehead atoms. The normalized spacial score (nSPS) is 22.3. The first-order chi connectivity index (χ1) is 19.3.